The minimum atomic E-state index is -1.05. The second kappa shape index (κ2) is 6.11. The zero-order valence-electron chi connectivity index (χ0n) is 8.64. The van der Waals surface area contributed by atoms with Crippen LogP contribution in [0.2, 0.25) is 0 Å². The number of H-pyrrole nitrogens is 1. The van der Waals surface area contributed by atoms with Gasteiger partial charge in [-0.2, -0.15) is 27.2 Å². The highest BCUT2D eigenvalue weighted by Crippen LogP contribution is 2.02. The molecular weight excluding hydrogens is 232 g/mol. The van der Waals surface area contributed by atoms with Crippen LogP contribution >= 0.6 is 11.8 Å². The van der Waals surface area contributed by atoms with Gasteiger partial charge in [0.15, 0.2) is 5.69 Å². The molecule has 1 aromatic heterocycles. The van der Waals surface area contributed by atoms with Crippen molar-refractivity contribution >= 4 is 23.6 Å². The lowest BCUT2D eigenvalue weighted by Crippen LogP contribution is -2.41. The van der Waals surface area contributed by atoms with Gasteiger partial charge in [0.05, 0.1) is 6.20 Å². The van der Waals surface area contributed by atoms with Crippen molar-refractivity contribution in [1.82, 2.24) is 20.7 Å². The molecule has 0 radical (unpaired) electrons. The van der Waals surface area contributed by atoms with Crippen molar-refractivity contribution in [1.29, 1.82) is 0 Å². The highest BCUT2D eigenvalue weighted by Gasteiger charge is 2.21. The summed E-state index contributed by atoms with van der Waals surface area (Å²) in [5, 5.41) is 20.6. The first kappa shape index (κ1) is 12.5. The normalized spacial score (nSPS) is 12.1. The van der Waals surface area contributed by atoms with Crippen LogP contribution in [0.4, 0.5) is 0 Å². The monoisotopic (exact) mass is 244 g/mol. The van der Waals surface area contributed by atoms with E-state index < -0.39 is 17.9 Å². The van der Waals surface area contributed by atoms with Gasteiger partial charge in [-0.1, -0.05) is 0 Å². The molecule has 0 aliphatic carbocycles. The van der Waals surface area contributed by atoms with E-state index in [2.05, 4.69) is 20.7 Å². The van der Waals surface area contributed by atoms with Gasteiger partial charge < -0.3 is 10.4 Å². The Kier molecular flexibility index (Phi) is 4.77. The predicted molar refractivity (Wildman–Crippen MR) is 58.3 cm³/mol. The lowest BCUT2D eigenvalue weighted by Gasteiger charge is -2.12. The predicted octanol–water partition coefficient (Wildman–Crippen LogP) is -0.259. The number of nitrogens with one attached hydrogen (secondary N) is 2. The van der Waals surface area contributed by atoms with Crippen LogP contribution in [0.3, 0.4) is 0 Å². The van der Waals surface area contributed by atoms with Crippen LogP contribution in [0.25, 0.3) is 0 Å². The number of aromatic nitrogens is 3. The minimum Gasteiger partial charge on any atom is -0.480 e. The molecule has 0 aromatic carbocycles. The van der Waals surface area contributed by atoms with E-state index in [0.717, 1.165) is 0 Å². The van der Waals surface area contributed by atoms with E-state index in [1.165, 1.54) is 18.0 Å². The van der Waals surface area contributed by atoms with Gasteiger partial charge in [0, 0.05) is 0 Å². The number of amides is 1. The molecule has 16 heavy (non-hydrogen) atoms. The standard InChI is InChI=1S/C8H12N4O3S/c1-16-3-2-5(8(14)15)10-7(13)6-4-9-12-11-6/h4-5H,2-3H2,1H3,(H,10,13)(H,14,15)(H,9,11,12). The Balaban J connectivity index is 2.54. The Labute approximate surface area is 96.0 Å². The second-order valence-electron chi connectivity index (χ2n) is 3.00. The molecule has 0 bridgehead atoms. The minimum absolute atomic E-state index is 0.0791. The average Bonchev–Trinajstić information content (AvgIpc) is 2.76. The molecule has 1 aromatic rings. The fourth-order valence-electron chi connectivity index (χ4n) is 1.04. The maximum Gasteiger partial charge on any atom is 0.326 e. The molecular formula is C8H12N4O3S. The molecule has 88 valence electrons. The van der Waals surface area contributed by atoms with E-state index in [1.54, 1.807) is 0 Å². The van der Waals surface area contributed by atoms with Gasteiger partial charge in [-0.25, -0.2) is 4.79 Å². The Bertz CT molecular complexity index is 354. The van der Waals surface area contributed by atoms with E-state index in [0.29, 0.717) is 12.2 Å². The van der Waals surface area contributed by atoms with Crippen molar-refractivity contribution < 1.29 is 14.7 Å². The van der Waals surface area contributed by atoms with Gasteiger partial charge in [-0.05, 0) is 18.4 Å². The van der Waals surface area contributed by atoms with Crippen LogP contribution in [0.15, 0.2) is 6.20 Å². The lowest BCUT2D eigenvalue weighted by atomic mass is 10.2. The van der Waals surface area contributed by atoms with Crippen molar-refractivity contribution in [3.63, 3.8) is 0 Å². The highest BCUT2D eigenvalue weighted by molar-refractivity contribution is 7.98. The maximum atomic E-state index is 11.5. The first-order chi connectivity index (χ1) is 7.65. The molecule has 3 N–H and O–H groups in total. The summed E-state index contributed by atoms with van der Waals surface area (Å²) in [5.41, 5.74) is 0.0791. The third-order valence-electron chi connectivity index (χ3n) is 1.86. The maximum absolute atomic E-state index is 11.5. The zero-order chi connectivity index (χ0) is 12.0. The summed E-state index contributed by atoms with van der Waals surface area (Å²) >= 11 is 1.52. The van der Waals surface area contributed by atoms with Crippen LogP contribution in [-0.4, -0.2) is 50.4 Å². The summed E-state index contributed by atoms with van der Waals surface area (Å²) in [6.07, 6.45) is 3.49. The van der Waals surface area contributed by atoms with Gasteiger partial charge in [0.25, 0.3) is 5.91 Å². The van der Waals surface area contributed by atoms with E-state index in [-0.39, 0.29) is 5.69 Å². The average molecular weight is 244 g/mol. The molecule has 0 saturated carbocycles. The molecule has 1 atom stereocenters. The van der Waals surface area contributed by atoms with Gasteiger partial charge in [0.1, 0.15) is 6.04 Å². The fourth-order valence-corrected chi connectivity index (χ4v) is 1.51. The molecule has 1 unspecified atom stereocenters. The fraction of sp³-hybridized carbons (Fsp3) is 0.500. The number of carboxylic acids is 1. The van der Waals surface area contributed by atoms with Gasteiger partial charge >= 0.3 is 5.97 Å². The number of aliphatic carboxylic acids is 1. The summed E-state index contributed by atoms with van der Waals surface area (Å²) in [6.45, 7) is 0. The smallest absolute Gasteiger partial charge is 0.326 e. The summed E-state index contributed by atoms with van der Waals surface area (Å²) in [7, 11) is 0. The number of aromatic amines is 1. The summed E-state index contributed by atoms with van der Waals surface area (Å²) < 4.78 is 0. The molecule has 1 rings (SSSR count). The second-order valence-corrected chi connectivity index (χ2v) is 3.99. The van der Waals surface area contributed by atoms with E-state index >= 15 is 0 Å². The van der Waals surface area contributed by atoms with Crippen molar-refractivity contribution in [3.8, 4) is 0 Å². The first-order valence-electron chi connectivity index (χ1n) is 4.53. The Morgan fingerprint density at radius 3 is 2.94 bits per heavy atom. The Morgan fingerprint density at radius 1 is 1.69 bits per heavy atom. The topological polar surface area (TPSA) is 108 Å². The third-order valence-corrected chi connectivity index (χ3v) is 2.51. The molecule has 0 aliphatic rings. The van der Waals surface area contributed by atoms with Crippen molar-refractivity contribution in [2.75, 3.05) is 12.0 Å². The highest BCUT2D eigenvalue weighted by atomic mass is 32.2. The number of nitrogens with zero attached hydrogens (tertiary/aromatic N) is 2. The molecule has 1 amide bonds. The summed E-state index contributed by atoms with van der Waals surface area (Å²) in [5.74, 6) is -0.927. The van der Waals surface area contributed by atoms with Crippen LogP contribution in [0, 0.1) is 0 Å². The van der Waals surface area contributed by atoms with Crippen molar-refractivity contribution in [2.24, 2.45) is 0 Å². The Hall–Kier alpha value is -1.57. The van der Waals surface area contributed by atoms with Crippen LogP contribution in [-0.2, 0) is 4.79 Å². The summed E-state index contributed by atoms with van der Waals surface area (Å²) in [4.78, 5) is 22.3. The van der Waals surface area contributed by atoms with Crippen LogP contribution < -0.4 is 5.32 Å². The number of carbonyl (C=O) groups is 2. The third kappa shape index (κ3) is 3.54. The van der Waals surface area contributed by atoms with Crippen LogP contribution in [0.1, 0.15) is 16.9 Å². The largest absolute Gasteiger partial charge is 0.480 e. The zero-order valence-corrected chi connectivity index (χ0v) is 9.45. The molecule has 0 aliphatic heterocycles. The van der Waals surface area contributed by atoms with Crippen LogP contribution in [0.5, 0.6) is 0 Å². The van der Waals surface area contributed by atoms with E-state index in [1.807, 2.05) is 6.26 Å². The SMILES string of the molecule is CSCCC(NC(=O)c1cn[nH]n1)C(=O)O. The lowest BCUT2D eigenvalue weighted by molar-refractivity contribution is -0.139. The van der Waals surface area contributed by atoms with E-state index in [4.69, 9.17) is 5.11 Å². The molecule has 8 heteroatoms. The first-order valence-corrected chi connectivity index (χ1v) is 5.93. The van der Waals surface area contributed by atoms with Gasteiger partial charge in [-0.15, -0.1) is 0 Å². The van der Waals surface area contributed by atoms with E-state index in [9.17, 15) is 9.59 Å². The number of rotatable bonds is 6. The number of carbonyl (C=O) groups excluding carboxylic acids is 1. The number of hydrogen-bond acceptors (Lipinski definition) is 5. The molecule has 7 nitrogen and oxygen atoms in total. The van der Waals surface area contributed by atoms with Gasteiger partial charge in [0.2, 0.25) is 0 Å². The molecule has 1 heterocycles. The quantitative estimate of drug-likeness (QED) is 0.636. The molecule has 0 fully saturated rings. The Morgan fingerprint density at radius 2 is 2.44 bits per heavy atom. The van der Waals surface area contributed by atoms with Crippen molar-refractivity contribution in [2.45, 2.75) is 12.5 Å². The van der Waals surface area contributed by atoms with Crippen molar-refractivity contribution in [3.05, 3.63) is 11.9 Å². The number of hydrogen-bond donors (Lipinski definition) is 3. The van der Waals surface area contributed by atoms with Gasteiger partial charge in [-0.3, -0.25) is 4.79 Å². The number of carboxylic acid groups (broad SMARTS) is 1. The summed E-state index contributed by atoms with van der Waals surface area (Å²) in [6, 6.07) is -0.892. The molecule has 0 saturated heterocycles. The molecule has 0 spiro atoms. The number of thioether (sulfide) groups is 1.